The summed E-state index contributed by atoms with van der Waals surface area (Å²) >= 11 is 0. The number of anilines is 3. The maximum absolute atomic E-state index is 12.8. The first-order valence-corrected chi connectivity index (χ1v) is 13.7. The first-order valence-electron chi connectivity index (χ1n) is 13.7. The minimum atomic E-state index is -4.81. The molecule has 218 valence electrons. The Morgan fingerprint density at radius 3 is 2.59 bits per heavy atom. The zero-order valence-corrected chi connectivity index (χ0v) is 22.6. The molecule has 11 nitrogen and oxygen atoms in total. The molecule has 3 saturated heterocycles. The lowest BCUT2D eigenvalue weighted by molar-refractivity contribution is -0.274. The third-order valence-corrected chi connectivity index (χ3v) is 8.00. The standard InChI is InChI=1S/C27H31F3N8O3/c1-18(39)36-8-5-26(6-9-36)16-37(17-26)24-13-23(33-22-12-21(2-7-31-22)41-27(28,29)30)34-25(35-24)19-14-32-38(15-19)20-3-10-40-11-4-20/h2,7,12-15,20H,3-6,8-11,16-17H2,1H3,(H,31,33,34,35). The molecule has 0 bridgehead atoms. The fraction of sp³-hybridized carbons (Fsp3) is 0.519. The highest BCUT2D eigenvalue weighted by Gasteiger charge is 2.46. The van der Waals surface area contributed by atoms with E-state index in [0.29, 0.717) is 30.7 Å². The second-order valence-corrected chi connectivity index (χ2v) is 10.9. The summed E-state index contributed by atoms with van der Waals surface area (Å²) in [6.07, 6.45) is 3.66. The van der Waals surface area contributed by atoms with Crippen molar-refractivity contribution in [2.24, 2.45) is 5.41 Å². The summed E-state index contributed by atoms with van der Waals surface area (Å²) < 4.78 is 49.7. The van der Waals surface area contributed by atoms with Crippen molar-refractivity contribution in [3.05, 3.63) is 36.8 Å². The number of aromatic nitrogens is 5. The molecule has 1 spiro atoms. The van der Waals surface area contributed by atoms with E-state index in [0.717, 1.165) is 63.5 Å². The highest BCUT2D eigenvalue weighted by atomic mass is 19.4. The molecule has 0 unspecified atom stereocenters. The van der Waals surface area contributed by atoms with Gasteiger partial charge in [-0.15, -0.1) is 13.2 Å². The van der Waals surface area contributed by atoms with Crippen LogP contribution < -0.4 is 15.0 Å². The Balaban J connectivity index is 1.25. The van der Waals surface area contributed by atoms with Gasteiger partial charge in [0.05, 0.1) is 17.8 Å². The van der Waals surface area contributed by atoms with Crippen LogP contribution in [0.25, 0.3) is 11.4 Å². The van der Waals surface area contributed by atoms with Crippen LogP contribution in [0.2, 0.25) is 0 Å². The lowest BCUT2D eigenvalue weighted by atomic mass is 9.72. The number of hydrogen-bond acceptors (Lipinski definition) is 9. The zero-order valence-electron chi connectivity index (χ0n) is 22.6. The third kappa shape index (κ3) is 6.21. The minimum Gasteiger partial charge on any atom is -0.406 e. The first kappa shape index (κ1) is 27.2. The van der Waals surface area contributed by atoms with Gasteiger partial charge in [0, 0.05) is 76.3 Å². The van der Waals surface area contributed by atoms with E-state index in [4.69, 9.17) is 9.72 Å². The molecule has 0 saturated carbocycles. The number of halogens is 3. The average molecular weight is 573 g/mol. The fourth-order valence-electron chi connectivity index (χ4n) is 5.74. The quantitative estimate of drug-likeness (QED) is 0.465. The number of alkyl halides is 3. The van der Waals surface area contributed by atoms with Gasteiger partial charge in [-0.05, 0) is 31.7 Å². The predicted molar refractivity (Wildman–Crippen MR) is 143 cm³/mol. The Hall–Kier alpha value is -3.94. The number of ether oxygens (including phenoxy) is 2. The maximum atomic E-state index is 12.8. The molecule has 0 atom stereocenters. The van der Waals surface area contributed by atoms with E-state index < -0.39 is 6.36 Å². The lowest BCUT2D eigenvalue weighted by Gasteiger charge is -2.54. The number of rotatable bonds is 6. The third-order valence-electron chi connectivity index (χ3n) is 8.00. The van der Waals surface area contributed by atoms with Gasteiger partial charge in [-0.25, -0.2) is 15.0 Å². The Bertz CT molecular complexity index is 1390. The van der Waals surface area contributed by atoms with E-state index in [1.54, 1.807) is 19.2 Å². The number of nitrogens with one attached hydrogen (secondary N) is 1. The van der Waals surface area contributed by atoms with Crippen molar-refractivity contribution < 1.29 is 27.4 Å². The molecule has 41 heavy (non-hydrogen) atoms. The van der Waals surface area contributed by atoms with Crippen LogP contribution in [0.3, 0.4) is 0 Å². The van der Waals surface area contributed by atoms with Crippen molar-refractivity contribution in [1.29, 1.82) is 0 Å². The van der Waals surface area contributed by atoms with Crippen LogP contribution in [0.15, 0.2) is 36.8 Å². The molecule has 3 aromatic rings. The molecule has 3 aliphatic rings. The normalized spacial score (nSPS) is 19.2. The van der Waals surface area contributed by atoms with E-state index in [2.05, 4.69) is 30.0 Å². The van der Waals surface area contributed by atoms with Crippen molar-refractivity contribution in [1.82, 2.24) is 29.6 Å². The van der Waals surface area contributed by atoms with Gasteiger partial charge in [-0.3, -0.25) is 9.48 Å². The molecular formula is C27H31F3N8O3. The molecule has 0 aliphatic carbocycles. The molecule has 1 N–H and O–H groups in total. The van der Waals surface area contributed by atoms with Gasteiger partial charge < -0.3 is 24.6 Å². The van der Waals surface area contributed by atoms with Crippen LogP contribution in [-0.2, 0) is 9.53 Å². The number of hydrogen-bond donors (Lipinski definition) is 1. The largest absolute Gasteiger partial charge is 0.573 e. The number of carbonyl (C=O) groups excluding carboxylic acids is 1. The molecule has 0 radical (unpaired) electrons. The van der Waals surface area contributed by atoms with E-state index in [-0.39, 0.29) is 28.9 Å². The van der Waals surface area contributed by atoms with E-state index in [9.17, 15) is 18.0 Å². The monoisotopic (exact) mass is 572 g/mol. The lowest BCUT2D eigenvalue weighted by Crippen LogP contribution is -2.61. The van der Waals surface area contributed by atoms with Crippen LogP contribution in [0.1, 0.15) is 38.6 Å². The summed E-state index contributed by atoms with van der Waals surface area (Å²) in [5.41, 5.74) is 0.858. The van der Waals surface area contributed by atoms with Crippen LogP contribution in [0.5, 0.6) is 5.75 Å². The van der Waals surface area contributed by atoms with Gasteiger partial charge in [0.15, 0.2) is 5.82 Å². The Morgan fingerprint density at radius 2 is 1.88 bits per heavy atom. The summed E-state index contributed by atoms with van der Waals surface area (Å²) in [5, 5.41) is 7.57. The first-order chi connectivity index (χ1) is 19.6. The number of piperidine rings is 1. The molecule has 6 rings (SSSR count). The van der Waals surface area contributed by atoms with Crippen LogP contribution >= 0.6 is 0 Å². The van der Waals surface area contributed by atoms with E-state index in [1.165, 1.54) is 12.3 Å². The Kier molecular flexibility index (Phi) is 7.18. The average Bonchev–Trinajstić information content (AvgIpc) is 3.42. The minimum absolute atomic E-state index is 0.104. The summed E-state index contributed by atoms with van der Waals surface area (Å²) in [4.78, 5) is 29.5. The maximum Gasteiger partial charge on any atom is 0.573 e. The number of pyridine rings is 1. The van der Waals surface area contributed by atoms with Crippen molar-refractivity contribution in [3.8, 4) is 17.1 Å². The second-order valence-electron chi connectivity index (χ2n) is 10.9. The van der Waals surface area contributed by atoms with Crippen molar-refractivity contribution in [3.63, 3.8) is 0 Å². The smallest absolute Gasteiger partial charge is 0.406 e. The second kappa shape index (κ2) is 10.8. The number of likely N-dealkylation sites (tertiary alicyclic amines) is 1. The SMILES string of the molecule is CC(=O)N1CCC2(CC1)CN(c1cc(Nc3cc(OC(F)(F)F)ccn3)nc(-c3cnn(C4CCOCC4)c3)n1)C2. The van der Waals surface area contributed by atoms with Crippen LogP contribution in [0.4, 0.5) is 30.6 Å². The zero-order chi connectivity index (χ0) is 28.6. The molecule has 14 heteroatoms. The van der Waals surface area contributed by atoms with Gasteiger partial charge in [-0.1, -0.05) is 0 Å². The summed E-state index contributed by atoms with van der Waals surface area (Å²) in [6.45, 7) is 6.06. The highest BCUT2D eigenvalue weighted by molar-refractivity contribution is 5.73. The molecule has 6 heterocycles. The van der Waals surface area contributed by atoms with Gasteiger partial charge in [-0.2, -0.15) is 5.10 Å². The van der Waals surface area contributed by atoms with E-state index in [1.807, 2.05) is 15.8 Å². The van der Waals surface area contributed by atoms with Gasteiger partial charge in [0.1, 0.15) is 23.2 Å². The summed E-state index contributed by atoms with van der Waals surface area (Å²) in [6, 6.07) is 4.30. The molecule has 0 aromatic carbocycles. The number of nitrogens with zero attached hydrogens (tertiary/aromatic N) is 7. The highest BCUT2D eigenvalue weighted by Crippen LogP contribution is 2.43. The van der Waals surface area contributed by atoms with Gasteiger partial charge in [0.25, 0.3) is 0 Å². The number of carbonyl (C=O) groups is 1. The molecule has 3 aromatic heterocycles. The van der Waals surface area contributed by atoms with Gasteiger partial charge in [0.2, 0.25) is 5.91 Å². The summed E-state index contributed by atoms with van der Waals surface area (Å²) in [7, 11) is 0. The predicted octanol–water partition coefficient (Wildman–Crippen LogP) is 4.18. The van der Waals surface area contributed by atoms with Crippen LogP contribution in [0, 0.1) is 5.41 Å². The topological polar surface area (TPSA) is 111 Å². The van der Waals surface area contributed by atoms with Crippen molar-refractivity contribution >= 4 is 23.4 Å². The van der Waals surface area contributed by atoms with Crippen LogP contribution in [-0.4, -0.2) is 81.3 Å². The van der Waals surface area contributed by atoms with Crippen molar-refractivity contribution in [2.45, 2.75) is 45.0 Å². The van der Waals surface area contributed by atoms with Crippen molar-refractivity contribution in [2.75, 3.05) is 49.6 Å². The molecule has 3 fully saturated rings. The molecule has 1 amide bonds. The van der Waals surface area contributed by atoms with Gasteiger partial charge >= 0.3 is 6.36 Å². The Labute approximate surface area is 234 Å². The summed E-state index contributed by atoms with van der Waals surface area (Å²) in [5.74, 6) is 1.39. The van der Waals surface area contributed by atoms with E-state index >= 15 is 0 Å². The number of amides is 1. The fourth-order valence-corrected chi connectivity index (χ4v) is 5.74. The Morgan fingerprint density at radius 1 is 1.12 bits per heavy atom. The molecular weight excluding hydrogens is 541 g/mol. The molecule has 3 aliphatic heterocycles.